The van der Waals surface area contributed by atoms with Gasteiger partial charge in [-0.15, -0.1) is 10.2 Å². The Balaban J connectivity index is 1.50. The van der Waals surface area contributed by atoms with Gasteiger partial charge < -0.3 is 0 Å². The molecule has 150 valence electrons. The van der Waals surface area contributed by atoms with Crippen molar-refractivity contribution in [2.45, 2.75) is 0 Å². The van der Waals surface area contributed by atoms with E-state index in [1.807, 2.05) is 115 Å². The van der Waals surface area contributed by atoms with Crippen molar-refractivity contribution in [1.29, 1.82) is 0 Å². The summed E-state index contributed by atoms with van der Waals surface area (Å²) >= 11 is 0. The predicted molar refractivity (Wildman–Crippen MR) is 125 cm³/mol. The molecule has 0 saturated heterocycles. The van der Waals surface area contributed by atoms with E-state index in [4.69, 9.17) is 0 Å². The predicted octanol–water partition coefficient (Wildman–Crippen LogP) is 7.66. The van der Waals surface area contributed by atoms with Crippen molar-refractivity contribution >= 4 is 28.6 Å². The van der Waals surface area contributed by atoms with Crippen LogP contribution >= 0.6 is 0 Å². The molecule has 4 rings (SSSR count). The quantitative estimate of drug-likeness (QED) is 0.152. The highest BCUT2D eigenvalue weighted by Crippen LogP contribution is 2.22. The van der Waals surface area contributed by atoms with Crippen molar-refractivity contribution in [3.05, 3.63) is 121 Å². The Morgan fingerprint density at radius 2 is 0.968 bits per heavy atom. The minimum absolute atomic E-state index is 0.484. The molecule has 0 aliphatic rings. The Kier molecular flexibility index (Phi) is 6.63. The van der Waals surface area contributed by atoms with Crippen LogP contribution < -0.4 is 5.43 Å². The first-order chi connectivity index (χ1) is 15.4. The molecule has 0 atom stereocenters. The molecule has 6 heteroatoms. The monoisotopic (exact) mass is 404 g/mol. The molecule has 0 aliphatic heterocycles. The summed E-state index contributed by atoms with van der Waals surface area (Å²) in [6.07, 6.45) is 0. The van der Waals surface area contributed by atoms with E-state index in [1.165, 1.54) is 0 Å². The lowest BCUT2D eigenvalue weighted by Gasteiger charge is -2.03. The average molecular weight is 404 g/mol. The van der Waals surface area contributed by atoms with Gasteiger partial charge in [0.1, 0.15) is 0 Å². The smallest absolute Gasteiger partial charge is 0.201 e. The molecule has 4 aromatic carbocycles. The van der Waals surface area contributed by atoms with Crippen LogP contribution in [0.2, 0.25) is 0 Å². The fourth-order valence-corrected chi connectivity index (χ4v) is 2.66. The van der Waals surface area contributed by atoms with E-state index in [9.17, 15) is 0 Å². The highest BCUT2D eigenvalue weighted by Gasteiger charge is 2.02. The van der Waals surface area contributed by atoms with Crippen LogP contribution in [0.1, 0.15) is 5.56 Å². The SMILES string of the molecule is c1ccc(N=Nc2ccc(N=N/C(=N\Nc3ccccc3)c3ccccc3)cc2)cc1. The number of hydrazone groups is 1. The van der Waals surface area contributed by atoms with Gasteiger partial charge in [-0.05, 0) is 48.5 Å². The molecular weight excluding hydrogens is 384 g/mol. The zero-order chi connectivity index (χ0) is 21.1. The van der Waals surface area contributed by atoms with Crippen LogP contribution in [0, 0.1) is 0 Å². The minimum atomic E-state index is 0.484. The lowest BCUT2D eigenvalue weighted by Crippen LogP contribution is -2.00. The molecule has 0 bridgehead atoms. The van der Waals surface area contributed by atoms with E-state index in [0.717, 1.165) is 22.6 Å². The Bertz CT molecular complexity index is 1170. The third-order valence-electron chi connectivity index (χ3n) is 4.24. The first-order valence-electron chi connectivity index (χ1n) is 9.80. The van der Waals surface area contributed by atoms with E-state index in [-0.39, 0.29) is 0 Å². The number of benzene rings is 4. The first kappa shape index (κ1) is 19.8. The van der Waals surface area contributed by atoms with Gasteiger partial charge in [-0.1, -0.05) is 66.7 Å². The number of anilines is 1. The minimum Gasteiger partial charge on any atom is -0.276 e. The molecule has 0 fully saturated rings. The highest BCUT2D eigenvalue weighted by atomic mass is 15.3. The molecule has 0 unspecified atom stereocenters. The number of rotatable bonds is 6. The standard InChI is InChI=1S/C25H20N6/c1-4-10-20(11-5-1)25(30-28-22-14-8-3-9-15-22)31-29-24-18-16-23(17-19-24)27-26-21-12-6-2-7-13-21/h1-19,28H/b27-26?,30-25-,31-29?. The average Bonchev–Trinajstić information content (AvgIpc) is 2.85. The molecular formula is C25H20N6. The lowest BCUT2D eigenvalue weighted by atomic mass is 10.2. The summed E-state index contributed by atoms with van der Waals surface area (Å²) in [5.41, 5.74) is 7.01. The van der Waals surface area contributed by atoms with Crippen LogP contribution in [0.5, 0.6) is 0 Å². The molecule has 0 amide bonds. The van der Waals surface area contributed by atoms with Crippen molar-refractivity contribution < 1.29 is 0 Å². The molecule has 6 nitrogen and oxygen atoms in total. The summed E-state index contributed by atoms with van der Waals surface area (Å²) in [6.45, 7) is 0. The number of amidine groups is 1. The molecule has 4 aromatic rings. The number of hydrogen-bond donors (Lipinski definition) is 1. The molecule has 31 heavy (non-hydrogen) atoms. The van der Waals surface area contributed by atoms with Gasteiger partial charge in [0.15, 0.2) is 0 Å². The van der Waals surface area contributed by atoms with Crippen LogP contribution in [0.4, 0.5) is 22.7 Å². The van der Waals surface area contributed by atoms with Crippen LogP contribution in [-0.2, 0) is 0 Å². The fourth-order valence-electron chi connectivity index (χ4n) is 2.66. The molecule has 0 heterocycles. The van der Waals surface area contributed by atoms with Crippen LogP contribution in [-0.4, -0.2) is 5.84 Å². The third-order valence-corrected chi connectivity index (χ3v) is 4.24. The van der Waals surface area contributed by atoms with Gasteiger partial charge in [-0.3, -0.25) is 5.43 Å². The number of nitrogens with zero attached hydrogens (tertiary/aromatic N) is 5. The van der Waals surface area contributed by atoms with Crippen molar-refractivity contribution in [1.82, 2.24) is 0 Å². The highest BCUT2D eigenvalue weighted by molar-refractivity contribution is 5.99. The van der Waals surface area contributed by atoms with Crippen LogP contribution in [0.15, 0.2) is 141 Å². The largest absolute Gasteiger partial charge is 0.276 e. The summed E-state index contributed by atoms with van der Waals surface area (Å²) in [5.74, 6) is 0.484. The Morgan fingerprint density at radius 1 is 0.484 bits per heavy atom. The van der Waals surface area contributed by atoms with Crippen LogP contribution in [0.3, 0.4) is 0 Å². The normalized spacial score (nSPS) is 11.8. The van der Waals surface area contributed by atoms with Gasteiger partial charge in [-0.25, -0.2) is 0 Å². The molecule has 0 spiro atoms. The second-order valence-corrected chi connectivity index (χ2v) is 6.53. The summed E-state index contributed by atoms with van der Waals surface area (Å²) in [5, 5.41) is 21.6. The van der Waals surface area contributed by atoms with Gasteiger partial charge in [0.05, 0.1) is 22.7 Å². The van der Waals surface area contributed by atoms with E-state index < -0.39 is 0 Å². The maximum Gasteiger partial charge on any atom is 0.201 e. The summed E-state index contributed by atoms with van der Waals surface area (Å²) < 4.78 is 0. The Labute approximate surface area is 180 Å². The van der Waals surface area contributed by atoms with Gasteiger partial charge in [0, 0.05) is 5.56 Å². The van der Waals surface area contributed by atoms with Gasteiger partial charge in [0.25, 0.3) is 0 Å². The number of hydrogen-bond acceptors (Lipinski definition) is 5. The van der Waals surface area contributed by atoms with Crippen molar-refractivity contribution in [3.8, 4) is 0 Å². The number of para-hydroxylation sites is 1. The Morgan fingerprint density at radius 3 is 1.58 bits per heavy atom. The molecule has 1 N–H and O–H groups in total. The Hall–Kier alpha value is -4.45. The van der Waals surface area contributed by atoms with Crippen molar-refractivity contribution in [2.75, 3.05) is 5.43 Å². The third kappa shape index (κ3) is 6.01. The summed E-state index contributed by atoms with van der Waals surface area (Å²) in [6, 6.07) is 36.4. The van der Waals surface area contributed by atoms with Gasteiger partial charge >= 0.3 is 0 Å². The van der Waals surface area contributed by atoms with E-state index in [0.29, 0.717) is 11.5 Å². The first-order valence-corrected chi connectivity index (χ1v) is 9.80. The zero-order valence-corrected chi connectivity index (χ0v) is 16.7. The molecule has 0 aliphatic carbocycles. The van der Waals surface area contributed by atoms with E-state index in [1.54, 1.807) is 0 Å². The lowest BCUT2D eigenvalue weighted by molar-refractivity contribution is 1.21. The summed E-state index contributed by atoms with van der Waals surface area (Å²) in [4.78, 5) is 0. The maximum atomic E-state index is 4.43. The van der Waals surface area contributed by atoms with Crippen molar-refractivity contribution in [3.63, 3.8) is 0 Å². The maximum absolute atomic E-state index is 4.43. The van der Waals surface area contributed by atoms with E-state index in [2.05, 4.69) is 31.0 Å². The van der Waals surface area contributed by atoms with Gasteiger partial charge in [-0.2, -0.15) is 15.3 Å². The van der Waals surface area contributed by atoms with E-state index >= 15 is 0 Å². The molecule has 0 radical (unpaired) electrons. The summed E-state index contributed by atoms with van der Waals surface area (Å²) in [7, 11) is 0. The number of azo groups is 2. The van der Waals surface area contributed by atoms with Gasteiger partial charge in [0.2, 0.25) is 5.84 Å². The second kappa shape index (κ2) is 10.4. The fraction of sp³-hybridized carbons (Fsp3) is 0. The topological polar surface area (TPSA) is 73.8 Å². The molecule has 0 aromatic heterocycles. The number of nitrogens with one attached hydrogen (secondary N) is 1. The molecule has 0 saturated carbocycles. The zero-order valence-electron chi connectivity index (χ0n) is 16.7. The second-order valence-electron chi connectivity index (χ2n) is 6.53. The van der Waals surface area contributed by atoms with Crippen LogP contribution in [0.25, 0.3) is 0 Å². The van der Waals surface area contributed by atoms with Crippen molar-refractivity contribution in [2.24, 2.45) is 25.6 Å².